The highest BCUT2D eigenvalue weighted by Crippen LogP contribution is 2.40. The Balaban J connectivity index is 1.41. The highest BCUT2D eigenvalue weighted by atomic mass is 35.5. The van der Waals surface area contributed by atoms with Gasteiger partial charge < -0.3 is 10.1 Å². The summed E-state index contributed by atoms with van der Waals surface area (Å²) in [6, 6.07) is 11.5. The Hall–Kier alpha value is -3.01. The Kier molecular flexibility index (Phi) is 6.01. The minimum absolute atomic E-state index is 0.00236. The molecule has 5 rings (SSSR count). The largest absolute Gasteiger partial charge is 0.619 e. The van der Waals surface area contributed by atoms with E-state index in [1.165, 1.54) is 18.5 Å². The summed E-state index contributed by atoms with van der Waals surface area (Å²) in [5, 5.41) is 11.6. The van der Waals surface area contributed by atoms with Crippen LogP contribution in [0.5, 0.6) is 0 Å². The fraction of sp³-hybridized carbons (Fsp3) is 0.292. The van der Waals surface area contributed by atoms with E-state index in [-0.39, 0.29) is 29.0 Å². The number of carbonyl (C=O) groups is 1. The number of fused-ring (bicyclic) bond motifs is 2. The zero-order valence-corrected chi connectivity index (χ0v) is 19.9. The Morgan fingerprint density at radius 1 is 1.12 bits per heavy atom. The molecule has 4 heterocycles. The van der Waals surface area contributed by atoms with Crippen molar-refractivity contribution >= 4 is 27.3 Å². The molecule has 1 atom stereocenters. The number of carbonyl (C=O) groups excluding carboxylic acids is 1. The first-order valence-electron chi connectivity index (χ1n) is 11.0. The Morgan fingerprint density at radius 2 is 1.85 bits per heavy atom. The van der Waals surface area contributed by atoms with Crippen LogP contribution in [0.4, 0.5) is 0 Å². The van der Waals surface area contributed by atoms with Gasteiger partial charge in [0.2, 0.25) is 5.91 Å². The minimum Gasteiger partial charge on any atom is -0.619 e. The summed E-state index contributed by atoms with van der Waals surface area (Å²) < 4.78 is 27.1. The molecule has 1 amide bonds. The van der Waals surface area contributed by atoms with Crippen LogP contribution in [0.25, 0.3) is 0 Å². The number of nitrogens with zero attached hydrogens (tertiary/aromatic N) is 4. The van der Waals surface area contributed by atoms with Crippen molar-refractivity contribution in [3.63, 3.8) is 0 Å². The van der Waals surface area contributed by atoms with Gasteiger partial charge in [-0.15, -0.1) is 0 Å². The molecule has 2 aromatic heterocycles. The first-order chi connectivity index (χ1) is 16.3. The third kappa shape index (κ3) is 4.38. The first kappa shape index (κ1) is 22.8. The molecular formula is C24H23ClN4O4S. The van der Waals surface area contributed by atoms with Crippen LogP contribution in [0, 0.1) is 5.21 Å². The van der Waals surface area contributed by atoms with Gasteiger partial charge in [0.1, 0.15) is 0 Å². The fourth-order valence-corrected chi connectivity index (χ4v) is 6.59. The first-order valence-corrected chi connectivity index (χ1v) is 13.0. The molecule has 0 radical (unpaired) electrons. The monoisotopic (exact) mass is 498 g/mol. The van der Waals surface area contributed by atoms with E-state index in [1.54, 1.807) is 36.5 Å². The summed E-state index contributed by atoms with van der Waals surface area (Å²) in [5.41, 5.74) is 2.86. The number of halogens is 1. The molecule has 1 saturated heterocycles. The molecule has 2 aliphatic heterocycles. The maximum absolute atomic E-state index is 13.2. The number of sulfone groups is 1. The number of benzene rings is 1. The lowest BCUT2D eigenvalue weighted by Crippen LogP contribution is -2.50. The van der Waals surface area contributed by atoms with Crippen LogP contribution in [0.2, 0.25) is 5.02 Å². The van der Waals surface area contributed by atoms with Crippen LogP contribution in [0.1, 0.15) is 28.4 Å². The summed E-state index contributed by atoms with van der Waals surface area (Å²) in [6.45, 7) is 2.18. The van der Waals surface area contributed by atoms with Gasteiger partial charge in [-0.25, -0.2) is 8.42 Å². The molecule has 1 aromatic carbocycles. The third-order valence-corrected chi connectivity index (χ3v) is 8.34. The summed E-state index contributed by atoms with van der Waals surface area (Å²) in [7, 11) is -3.59. The lowest BCUT2D eigenvalue weighted by atomic mass is 9.97. The summed E-state index contributed by atoms with van der Waals surface area (Å²) in [4.78, 5) is 21.7. The Bertz CT molecular complexity index is 1340. The van der Waals surface area contributed by atoms with Crippen molar-refractivity contribution in [2.45, 2.75) is 23.1 Å². The van der Waals surface area contributed by atoms with E-state index < -0.39 is 9.84 Å². The zero-order valence-electron chi connectivity index (χ0n) is 18.3. The topological polar surface area (TPSA) is 97.5 Å². The standard InChI is InChI=1S/C24H23ClN4O4S/c25-19-3-4-20-21(15-19)34(32,33)16-18-2-1-7-26-23(18)24(20)28-12-10-27(11-13-28)22(30)14-17-5-8-29(31)9-6-17/h1-9,15,24H,10-14,16H2. The molecule has 0 aliphatic carbocycles. The second-order valence-corrected chi connectivity index (χ2v) is 10.9. The normalized spacial score (nSPS) is 19.7. The van der Waals surface area contributed by atoms with E-state index in [9.17, 15) is 18.4 Å². The van der Waals surface area contributed by atoms with Gasteiger partial charge in [-0.3, -0.25) is 14.7 Å². The molecule has 0 N–H and O–H groups in total. The van der Waals surface area contributed by atoms with Crippen molar-refractivity contribution in [3.8, 4) is 0 Å². The molecule has 34 heavy (non-hydrogen) atoms. The number of hydrogen-bond donors (Lipinski definition) is 0. The number of pyridine rings is 2. The average molecular weight is 499 g/mol. The molecule has 0 saturated carbocycles. The quantitative estimate of drug-likeness (QED) is 0.405. The predicted molar refractivity (Wildman–Crippen MR) is 126 cm³/mol. The van der Waals surface area contributed by atoms with E-state index in [0.717, 1.165) is 11.3 Å². The fourth-order valence-electron chi connectivity index (χ4n) is 4.70. The molecule has 1 unspecified atom stereocenters. The number of rotatable bonds is 3. The molecule has 3 aromatic rings. The van der Waals surface area contributed by atoms with Gasteiger partial charge in [-0.1, -0.05) is 23.7 Å². The van der Waals surface area contributed by atoms with Crippen LogP contribution in [-0.2, 0) is 26.8 Å². The van der Waals surface area contributed by atoms with Crippen molar-refractivity contribution in [1.82, 2.24) is 14.8 Å². The van der Waals surface area contributed by atoms with E-state index >= 15 is 0 Å². The Labute approximate surface area is 202 Å². The molecule has 2 aliphatic rings. The van der Waals surface area contributed by atoms with Gasteiger partial charge in [0.05, 0.1) is 28.8 Å². The lowest BCUT2D eigenvalue weighted by Gasteiger charge is -2.39. The van der Waals surface area contributed by atoms with Crippen molar-refractivity contribution in [2.24, 2.45) is 0 Å². The van der Waals surface area contributed by atoms with Crippen LogP contribution >= 0.6 is 11.6 Å². The van der Waals surface area contributed by atoms with Crippen LogP contribution in [0.3, 0.4) is 0 Å². The van der Waals surface area contributed by atoms with Gasteiger partial charge in [-0.05, 0) is 34.9 Å². The van der Waals surface area contributed by atoms with Crippen molar-refractivity contribution < 1.29 is 17.9 Å². The van der Waals surface area contributed by atoms with Crippen LogP contribution in [0.15, 0.2) is 66.0 Å². The molecule has 1 fully saturated rings. The summed E-state index contributed by atoms with van der Waals surface area (Å²) >= 11 is 6.17. The van der Waals surface area contributed by atoms with E-state index in [0.29, 0.717) is 47.1 Å². The molecule has 10 heteroatoms. The van der Waals surface area contributed by atoms with E-state index in [4.69, 9.17) is 11.6 Å². The lowest BCUT2D eigenvalue weighted by molar-refractivity contribution is -0.605. The van der Waals surface area contributed by atoms with E-state index in [1.807, 2.05) is 11.0 Å². The molecule has 0 bridgehead atoms. The number of amides is 1. The minimum atomic E-state index is -3.59. The molecular weight excluding hydrogens is 476 g/mol. The number of hydrogen-bond acceptors (Lipinski definition) is 6. The van der Waals surface area contributed by atoms with Gasteiger partial charge >= 0.3 is 0 Å². The Morgan fingerprint density at radius 3 is 2.59 bits per heavy atom. The maximum atomic E-state index is 13.2. The van der Waals surface area contributed by atoms with E-state index in [2.05, 4.69) is 9.88 Å². The number of piperazine rings is 1. The third-order valence-electron chi connectivity index (χ3n) is 6.39. The highest BCUT2D eigenvalue weighted by molar-refractivity contribution is 7.90. The molecule has 8 nitrogen and oxygen atoms in total. The van der Waals surface area contributed by atoms with Crippen molar-refractivity contribution in [1.29, 1.82) is 0 Å². The summed E-state index contributed by atoms with van der Waals surface area (Å²) in [5.74, 6) is -0.128. The number of aromatic nitrogens is 2. The average Bonchev–Trinajstić information content (AvgIpc) is 2.92. The second-order valence-electron chi connectivity index (χ2n) is 8.55. The maximum Gasteiger partial charge on any atom is 0.227 e. The van der Waals surface area contributed by atoms with Crippen LogP contribution < -0.4 is 4.73 Å². The van der Waals surface area contributed by atoms with Gasteiger partial charge in [0.25, 0.3) is 0 Å². The van der Waals surface area contributed by atoms with Crippen molar-refractivity contribution in [3.05, 3.63) is 93.7 Å². The van der Waals surface area contributed by atoms with Gasteiger partial charge in [0.15, 0.2) is 22.2 Å². The molecule has 176 valence electrons. The smallest absolute Gasteiger partial charge is 0.227 e. The van der Waals surface area contributed by atoms with Gasteiger partial charge in [-0.2, -0.15) is 4.73 Å². The predicted octanol–water partition coefficient (Wildman–Crippen LogP) is 2.13. The SMILES string of the molecule is O=C(Cc1cc[n+]([O-])cc1)N1CCN(C2c3ccc(Cl)cc3S(=O)(=O)Cc3cccnc32)CC1. The highest BCUT2D eigenvalue weighted by Gasteiger charge is 2.37. The van der Waals surface area contributed by atoms with Gasteiger partial charge in [0, 0.05) is 49.5 Å². The summed E-state index contributed by atoms with van der Waals surface area (Å²) in [6.07, 6.45) is 4.68. The molecule has 0 spiro atoms. The zero-order chi connectivity index (χ0) is 23.9. The van der Waals surface area contributed by atoms with Crippen LogP contribution in [-0.4, -0.2) is 55.3 Å². The second kappa shape index (κ2) is 8.98. The van der Waals surface area contributed by atoms with Crippen molar-refractivity contribution in [2.75, 3.05) is 26.2 Å².